The summed E-state index contributed by atoms with van der Waals surface area (Å²) in [6.45, 7) is 7.12. The summed E-state index contributed by atoms with van der Waals surface area (Å²) in [5.74, 6) is -0.943. The summed E-state index contributed by atoms with van der Waals surface area (Å²) in [6, 6.07) is -1.04. The molecule has 0 saturated carbocycles. The van der Waals surface area contributed by atoms with E-state index < -0.39 is 12.0 Å². The Morgan fingerprint density at radius 1 is 1.53 bits per heavy atom. The van der Waals surface area contributed by atoms with Crippen LogP contribution in [0.2, 0.25) is 0 Å². The third kappa shape index (κ3) is 4.38. The quantitative estimate of drug-likeness (QED) is 0.791. The van der Waals surface area contributed by atoms with Crippen molar-refractivity contribution in [1.82, 2.24) is 10.2 Å². The monoisotopic (exact) mass is 272 g/mol. The zero-order chi connectivity index (χ0) is 14.4. The first-order valence-electron chi connectivity index (χ1n) is 6.86. The fourth-order valence-electron chi connectivity index (χ4n) is 2.47. The molecule has 6 heteroatoms. The molecule has 0 aliphatic carbocycles. The molecule has 1 aliphatic heterocycles. The Morgan fingerprint density at radius 3 is 2.79 bits per heavy atom. The Hall–Kier alpha value is -1.30. The largest absolute Gasteiger partial charge is 0.480 e. The van der Waals surface area contributed by atoms with Crippen molar-refractivity contribution in [2.75, 3.05) is 19.7 Å². The van der Waals surface area contributed by atoms with Gasteiger partial charge in [0.15, 0.2) is 0 Å². The van der Waals surface area contributed by atoms with E-state index in [1.54, 1.807) is 0 Å². The van der Waals surface area contributed by atoms with E-state index in [-0.39, 0.29) is 18.1 Å². The number of carboxylic acid groups (broad SMARTS) is 1. The van der Waals surface area contributed by atoms with Crippen molar-refractivity contribution in [3.05, 3.63) is 0 Å². The van der Waals surface area contributed by atoms with Crippen molar-refractivity contribution in [2.24, 2.45) is 5.92 Å². The number of ether oxygens (including phenoxy) is 1. The molecular weight excluding hydrogens is 248 g/mol. The molecule has 2 amide bonds. The summed E-state index contributed by atoms with van der Waals surface area (Å²) >= 11 is 0. The minimum absolute atomic E-state index is 0.0127. The highest BCUT2D eigenvalue weighted by molar-refractivity contribution is 5.83. The van der Waals surface area contributed by atoms with E-state index in [2.05, 4.69) is 5.32 Å². The molecule has 1 rings (SSSR count). The van der Waals surface area contributed by atoms with E-state index in [0.29, 0.717) is 19.7 Å². The maximum atomic E-state index is 12.1. The van der Waals surface area contributed by atoms with Crippen LogP contribution in [0.15, 0.2) is 0 Å². The van der Waals surface area contributed by atoms with Crippen molar-refractivity contribution in [1.29, 1.82) is 0 Å². The number of carbonyl (C=O) groups is 2. The van der Waals surface area contributed by atoms with Crippen LogP contribution in [0, 0.1) is 5.92 Å². The van der Waals surface area contributed by atoms with Crippen LogP contribution >= 0.6 is 0 Å². The van der Waals surface area contributed by atoms with Gasteiger partial charge in [0, 0.05) is 19.7 Å². The first-order valence-corrected chi connectivity index (χ1v) is 6.86. The van der Waals surface area contributed by atoms with Gasteiger partial charge in [0.1, 0.15) is 6.04 Å². The molecule has 0 aromatic heterocycles. The van der Waals surface area contributed by atoms with E-state index in [1.165, 1.54) is 4.90 Å². The zero-order valence-corrected chi connectivity index (χ0v) is 11.9. The lowest BCUT2D eigenvalue weighted by atomic mass is 9.91. The van der Waals surface area contributed by atoms with E-state index >= 15 is 0 Å². The molecular formula is C13H24N2O4. The summed E-state index contributed by atoms with van der Waals surface area (Å²) in [7, 11) is 0. The molecule has 0 aromatic rings. The number of hydrogen-bond donors (Lipinski definition) is 2. The minimum atomic E-state index is -0.930. The lowest BCUT2D eigenvalue weighted by Gasteiger charge is -2.37. The van der Waals surface area contributed by atoms with Crippen LogP contribution in [0.5, 0.6) is 0 Å². The first kappa shape index (κ1) is 15.8. The van der Waals surface area contributed by atoms with Crippen molar-refractivity contribution < 1.29 is 19.4 Å². The molecule has 1 heterocycles. The van der Waals surface area contributed by atoms with Gasteiger partial charge >= 0.3 is 12.0 Å². The Bertz CT molecular complexity index is 322. The summed E-state index contributed by atoms with van der Waals surface area (Å²) in [5, 5.41) is 12.0. The third-order valence-corrected chi connectivity index (χ3v) is 3.44. The van der Waals surface area contributed by atoms with Gasteiger partial charge in [0.2, 0.25) is 0 Å². The topological polar surface area (TPSA) is 78.9 Å². The molecule has 0 bridgehead atoms. The lowest BCUT2D eigenvalue weighted by molar-refractivity contribution is -0.145. The van der Waals surface area contributed by atoms with Crippen LogP contribution in [0.3, 0.4) is 0 Å². The van der Waals surface area contributed by atoms with Gasteiger partial charge in [-0.2, -0.15) is 0 Å². The van der Waals surface area contributed by atoms with Gasteiger partial charge in [-0.15, -0.1) is 0 Å². The van der Waals surface area contributed by atoms with E-state index in [1.807, 2.05) is 20.8 Å². The number of hydrogen-bond acceptors (Lipinski definition) is 3. The number of rotatable bonds is 5. The fourth-order valence-corrected chi connectivity index (χ4v) is 2.47. The number of piperidine rings is 1. The first-order chi connectivity index (χ1) is 8.97. The molecule has 3 unspecified atom stereocenters. The number of nitrogens with one attached hydrogen (secondary N) is 1. The lowest BCUT2D eigenvalue weighted by Crippen LogP contribution is -2.55. The maximum absolute atomic E-state index is 12.1. The molecule has 0 spiro atoms. The second-order valence-electron chi connectivity index (χ2n) is 5.05. The molecule has 2 N–H and O–H groups in total. The van der Waals surface area contributed by atoms with Gasteiger partial charge in [-0.05, 0) is 32.6 Å². The molecule has 1 fully saturated rings. The van der Waals surface area contributed by atoms with Crippen molar-refractivity contribution in [2.45, 2.75) is 45.8 Å². The Balaban J connectivity index is 2.55. The predicted molar refractivity (Wildman–Crippen MR) is 71.0 cm³/mol. The van der Waals surface area contributed by atoms with Gasteiger partial charge in [0.05, 0.1) is 6.10 Å². The molecule has 1 aliphatic rings. The number of nitrogens with zero attached hydrogens (tertiary/aromatic N) is 1. The summed E-state index contributed by atoms with van der Waals surface area (Å²) in [5.41, 5.74) is 0. The van der Waals surface area contributed by atoms with Gasteiger partial charge in [-0.3, -0.25) is 0 Å². The predicted octanol–water partition coefficient (Wildman–Crippen LogP) is 1.31. The number of likely N-dealkylation sites (tertiary alicyclic amines) is 1. The van der Waals surface area contributed by atoms with Crippen LogP contribution in [0.4, 0.5) is 4.79 Å². The van der Waals surface area contributed by atoms with Crippen LogP contribution in [0.1, 0.15) is 33.6 Å². The van der Waals surface area contributed by atoms with Crippen LogP contribution in [-0.2, 0) is 9.53 Å². The normalized spacial score (nSPS) is 24.9. The van der Waals surface area contributed by atoms with Crippen LogP contribution in [0.25, 0.3) is 0 Å². The number of carboxylic acids is 1. The standard InChI is InChI=1S/C13H24N2O4/c1-4-19-10(3)8-14-13(18)15-7-5-6-9(2)11(15)12(16)17/h9-11H,4-8H2,1-3H3,(H,14,18)(H,16,17). The van der Waals surface area contributed by atoms with Crippen molar-refractivity contribution >= 4 is 12.0 Å². The Kier molecular flexibility index (Phi) is 6.08. The molecule has 3 atom stereocenters. The number of amides is 2. The highest BCUT2D eigenvalue weighted by Crippen LogP contribution is 2.23. The van der Waals surface area contributed by atoms with Crippen LogP contribution in [-0.4, -0.2) is 53.8 Å². The summed E-state index contributed by atoms with van der Waals surface area (Å²) in [6.07, 6.45) is 1.62. The molecule has 6 nitrogen and oxygen atoms in total. The molecule has 1 saturated heterocycles. The highest BCUT2D eigenvalue weighted by atomic mass is 16.5. The van der Waals surface area contributed by atoms with E-state index in [9.17, 15) is 14.7 Å². The SMILES string of the molecule is CCOC(C)CNC(=O)N1CCCC(C)C1C(=O)O. The number of aliphatic carboxylic acids is 1. The summed E-state index contributed by atoms with van der Waals surface area (Å²) in [4.78, 5) is 24.8. The smallest absolute Gasteiger partial charge is 0.326 e. The van der Waals surface area contributed by atoms with Crippen molar-refractivity contribution in [3.63, 3.8) is 0 Å². The Morgan fingerprint density at radius 2 is 2.21 bits per heavy atom. The molecule has 0 aromatic carbocycles. The van der Waals surface area contributed by atoms with Crippen molar-refractivity contribution in [3.8, 4) is 0 Å². The minimum Gasteiger partial charge on any atom is -0.480 e. The Labute approximate surface area is 114 Å². The maximum Gasteiger partial charge on any atom is 0.326 e. The molecule has 19 heavy (non-hydrogen) atoms. The average Bonchev–Trinajstić information content (AvgIpc) is 2.35. The average molecular weight is 272 g/mol. The van der Waals surface area contributed by atoms with Gasteiger partial charge in [-0.1, -0.05) is 6.92 Å². The van der Waals surface area contributed by atoms with Gasteiger partial charge < -0.3 is 20.1 Å². The fraction of sp³-hybridized carbons (Fsp3) is 0.846. The third-order valence-electron chi connectivity index (χ3n) is 3.44. The van der Waals surface area contributed by atoms with Gasteiger partial charge in [-0.25, -0.2) is 9.59 Å². The zero-order valence-electron chi connectivity index (χ0n) is 11.9. The molecule has 0 radical (unpaired) electrons. The van der Waals surface area contributed by atoms with E-state index in [4.69, 9.17) is 4.74 Å². The summed E-state index contributed by atoms with van der Waals surface area (Å²) < 4.78 is 5.33. The second-order valence-corrected chi connectivity index (χ2v) is 5.05. The van der Waals surface area contributed by atoms with Gasteiger partial charge in [0.25, 0.3) is 0 Å². The highest BCUT2D eigenvalue weighted by Gasteiger charge is 2.36. The molecule has 110 valence electrons. The van der Waals surface area contributed by atoms with E-state index in [0.717, 1.165) is 12.8 Å². The second kappa shape index (κ2) is 7.33. The van der Waals surface area contributed by atoms with Crippen LogP contribution < -0.4 is 5.32 Å². The number of urea groups is 1. The number of carbonyl (C=O) groups excluding carboxylic acids is 1.